The Bertz CT molecular complexity index is 277. The van der Waals surface area contributed by atoms with Crippen LogP contribution in [-0.2, 0) is 0 Å². The molecular formula is C11H16N2. The maximum Gasteiger partial charge on any atom is 0.0984 e. The molecule has 13 heavy (non-hydrogen) atoms. The van der Waals surface area contributed by atoms with Crippen LogP contribution in [0.4, 0.5) is 0 Å². The molecule has 1 aromatic carbocycles. The summed E-state index contributed by atoms with van der Waals surface area (Å²) in [5.74, 6) is 0.683. The molecule has 0 radical (unpaired) electrons. The highest BCUT2D eigenvalue weighted by Gasteiger charge is 2.17. The molecule has 1 atom stereocenters. The Hall–Kier alpha value is -1.31. The molecule has 70 valence electrons. The molecule has 0 aliphatic rings. The largest absolute Gasteiger partial charge is 0.387 e. The van der Waals surface area contributed by atoms with Gasteiger partial charge in [-0.05, 0) is 11.5 Å². The van der Waals surface area contributed by atoms with Gasteiger partial charge < -0.3 is 5.73 Å². The monoisotopic (exact) mass is 176 g/mol. The Kier molecular flexibility index (Phi) is 3.07. The number of benzene rings is 1. The van der Waals surface area contributed by atoms with Gasteiger partial charge in [0, 0.05) is 5.92 Å². The summed E-state index contributed by atoms with van der Waals surface area (Å²) in [6.45, 7) is 4.16. The van der Waals surface area contributed by atoms with E-state index in [1.54, 1.807) is 0 Å². The van der Waals surface area contributed by atoms with Crippen LogP contribution in [0, 0.1) is 11.3 Å². The molecule has 3 N–H and O–H groups in total. The van der Waals surface area contributed by atoms with Crippen LogP contribution in [0.1, 0.15) is 25.3 Å². The fourth-order valence-corrected chi connectivity index (χ4v) is 1.58. The van der Waals surface area contributed by atoms with E-state index in [1.165, 1.54) is 0 Å². The Labute approximate surface area is 79.3 Å². The molecule has 0 aliphatic heterocycles. The lowest BCUT2D eigenvalue weighted by Crippen LogP contribution is -2.24. The Morgan fingerprint density at radius 1 is 1.23 bits per heavy atom. The third-order valence-electron chi connectivity index (χ3n) is 2.16. The zero-order chi connectivity index (χ0) is 9.84. The highest BCUT2D eigenvalue weighted by atomic mass is 14.7. The number of amidine groups is 1. The summed E-state index contributed by atoms with van der Waals surface area (Å²) < 4.78 is 0. The van der Waals surface area contributed by atoms with E-state index in [-0.39, 0.29) is 11.8 Å². The molecule has 0 aromatic heterocycles. The summed E-state index contributed by atoms with van der Waals surface area (Å²) in [4.78, 5) is 0. The summed E-state index contributed by atoms with van der Waals surface area (Å²) in [5, 5.41) is 7.50. The lowest BCUT2D eigenvalue weighted by molar-refractivity contribution is 0.597. The van der Waals surface area contributed by atoms with Gasteiger partial charge in [0.25, 0.3) is 0 Å². The van der Waals surface area contributed by atoms with E-state index in [2.05, 4.69) is 13.8 Å². The molecule has 0 spiro atoms. The van der Waals surface area contributed by atoms with E-state index < -0.39 is 0 Å². The number of nitrogens with one attached hydrogen (secondary N) is 1. The van der Waals surface area contributed by atoms with Crippen molar-refractivity contribution in [3.63, 3.8) is 0 Å². The molecule has 0 bridgehead atoms. The van der Waals surface area contributed by atoms with Crippen molar-refractivity contribution in [2.75, 3.05) is 0 Å². The summed E-state index contributed by atoms with van der Waals surface area (Å²) in [6.07, 6.45) is 0. The molecular weight excluding hydrogens is 160 g/mol. The Morgan fingerprint density at radius 2 is 1.77 bits per heavy atom. The maximum atomic E-state index is 7.50. The standard InChI is InChI=1S/C11H16N2/c1-8(2)10(11(12)13)9-6-4-3-5-7-9/h3-8,10H,1-2H3,(H3,12,13). The second-order valence-electron chi connectivity index (χ2n) is 3.59. The van der Waals surface area contributed by atoms with E-state index in [1.807, 2.05) is 30.3 Å². The van der Waals surface area contributed by atoms with Gasteiger partial charge in [0.2, 0.25) is 0 Å². The van der Waals surface area contributed by atoms with Crippen LogP contribution in [0.15, 0.2) is 30.3 Å². The summed E-state index contributed by atoms with van der Waals surface area (Å²) in [5.41, 5.74) is 6.68. The molecule has 0 aliphatic carbocycles. The van der Waals surface area contributed by atoms with Crippen molar-refractivity contribution in [2.24, 2.45) is 11.7 Å². The second-order valence-corrected chi connectivity index (χ2v) is 3.59. The normalized spacial score (nSPS) is 12.8. The quantitative estimate of drug-likeness (QED) is 0.539. The highest BCUT2D eigenvalue weighted by molar-refractivity contribution is 5.84. The summed E-state index contributed by atoms with van der Waals surface area (Å²) >= 11 is 0. The first-order chi connectivity index (χ1) is 6.13. The Balaban J connectivity index is 2.96. The number of nitrogens with two attached hydrogens (primary N) is 1. The smallest absolute Gasteiger partial charge is 0.0984 e. The van der Waals surface area contributed by atoms with Gasteiger partial charge in [0.1, 0.15) is 0 Å². The van der Waals surface area contributed by atoms with Crippen molar-refractivity contribution < 1.29 is 0 Å². The van der Waals surface area contributed by atoms with Crippen LogP contribution >= 0.6 is 0 Å². The zero-order valence-electron chi connectivity index (χ0n) is 8.12. The van der Waals surface area contributed by atoms with Gasteiger partial charge in [-0.1, -0.05) is 44.2 Å². The number of rotatable bonds is 3. The van der Waals surface area contributed by atoms with Gasteiger partial charge >= 0.3 is 0 Å². The molecule has 0 heterocycles. The lowest BCUT2D eigenvalue weighted by Gasteiger charge is -2.19. The number of hydrogen-bond acceptors (Lipinski definition) is 1. The van der Waals surface area contributed by atoms with Crippen molar-refractivity contribution in [3.05, 3.63) is 35.9 Å². The van der Waals surface area contributed by atoms with Gasteiger partial charge in [-0.25, -0.2) is 0 Å². The van der Waals surface area contributed by atoms with Crippen LogP contribution in [0.5, 0.6) is 0 Å². The summed E-state index contributed by atoms with van der Waals surface area (Å²) in [6, 6.07) is 9.97. The molecule has 0 fully saturated rings. The van der Waals surface area contributed by atoms with Crippen LogP contribution in [0.25, 0.3) is 0 Å². The minimum Gasteiger partial charge on any atom is -0.387 e. The maximum absolute atomic E-state index is 7.50. The molecule has 1 rings (SSSR count). The van der Waals surface area contributed by atoms with Crippen molar-refractivity contribution in [2.45, 2.75) is 19.8 Å². The van der Waals surface area contributed by atoms with Gasteiger partial charge in [-0.3, -0.25) is 5.41 Å². The zero-order valence-corrected chi connectivity index (χ0v) is 8.12. The molecule has 1 aromatic rings. The van der Waals surface area contributed by atoms with Crippen LogP contribution in [-0.4, -0.2) is 5.84 Å². The van der Waals surface area contributed by atoms with Gasteiger partial charge in [-0.2, -0.15) is 0 Å². The SMILES string of the molecule is CC(C)C(C(=N)N)c1ccccc1. The van der Waals surface area contributed by atoms with Crippen LogP contribution in [0.3, 0.4) is 0 Å². The molecule has 0 saturated heterocycles. The first kappa shape index (κ1) is 9.78. The minimum atomic E-state index is 0.0567. The van der Waals surface area contributed by atoms with E-state index >= 15 is 0 Å². The van der Waals surface area contributed by atoms with E-state index in [0.29, 0.717) is 5.92 Å². The van der Waals surface area contributed by atoms with Crippen LogP contribution in [0.2, 0.25) is 0 Å². The molecule has 1 unspecified atom stereocenters. The van der Waals surface area contributed by atoms with E-state index in [0.717, 1.165) is 5.56 Å². The number of hydrogen-bond donors (Lipinski definition) is 2. The average molecular weight is 176 g/mol. The molecule has 2 heteroatoms. The van der Waals surface area contributed by atoms with Gasteiger partial charge in [0.15, 0.2) is 0 Å². The Morgan fingerprint density at radius 3 is 2.15 bits per heavy atom. The fourth-order valence-electron chi connectivity index (χ4n) is 1.58. The third kappa shape index (κ3) is 2.31. The highest BCUT2D eigenvalue weighted by Crippen LogP contribution is 2.23. The first-order valence-corrected chi connectivity index (χ1v) is 4.51. The predicted octanol–water partition coefficient (Wildman–Crippen LogP) is 2.36. The lowest BCUT2D eigenvalue weighted by atomic mass is 9.88. The molecule has 0 amide bonds. The average Bonchev–Trinajstić information content (AvgIpc) is 2.04. The van der Waals surface area contributed by atoms with Gasteiger partial charge in [-0.15, -0.1) is 0 Å². The van der Waals surface area contributed by atoms with Crippen molar-refractivity contribution in [1.29, 1.82) is 5.41 Å². The minimum absolute atomic E-state index is 0.0567. The predicted molar refractivity (Wildman–Crippen MR) is 55.9 cm³/mol. The van der Waals surface area contributed by atoms with Crippen LogP contribution < -0.4 is 5.73 Å². The topological polar surface area (TPSA) is 49.9 Å². The second kappa shape index (κ2) is 4.08. The molecule has 0 saturated carbocycles. The van der Waals surface area contributed by atoms with Crippen molar-refractivity contribution in [1.82, 2.24) is 0 Å². The summed E-state index contributed by atoms with van der Waals surface area (Å²) in [7, 11) is 0. The van der Waals surface area contributed by atoms with Crippen molar-refractivity contribution in [3.8, 4) is 0 Å². The van der Waals surface area contributed by atoms with E-state index in [4.69, 9.17) is 11.1 Å². The van der Waals surface area contributed by atoms with E-state index in [9.17, 15) is 0 Å². The third-order valence-corrected chi connectivity index (χ3v) is 2.16. The first-order valence-electron chi connectivity index (χ1n) is 4.51. The van der Waals surface area contributed by atoms with Crippen molar-refractivity contribution >= 4 is 5.84 Å². The fraction of sp³-hybridized carbons (Fsp3) is 0.364. The molecule has 2 nitrogen and oxygen atoms in total. The van der Waals surface area contributed by atoms with Gasteiger partial charge in [0.05, 0.1) is 5.84 Å².